The highest BCUT2D eigenvalue weighted by molar-refractivity contribution is 5.72. The largest absolute Gasteiger partial charge is 0.480 e. The Bertz CT molecular complexity index is 460. The van der Waals surface area contributed by atoms with E-state index in [0.29, 0.717) is 11.7 Å². The van der Waals surface area contributed by atoms with Gasteiger partial charge < -0.3 is 5.11 Å². The minimum absolute atomic E-state index is 0.0670. The molecule has 80 valence electrons. The fraction of sp³-hybridized carbons (Fsp3) is 0.455. The number of hydrogen-bond acceptors (Lipinski definition) is 3. The Labute approximate surface area is 88.6 Å². The van der Waals surface area contributed by atoms with E-state index in [4.69, 9.17) is 0 Å². The second-order valence-corrected chi connectivity index (χ2v) is 3.60. The molecule has 0 bridgehead atoms. The topological polar surface area (TPSA) is 50.9 Å². The molecule has 0 fully saturated rings. The van der Waals surface area contributed by atoms with E-state index in [-0.39, 0.29) is 6.01 Å². The standard InChI is InChI=1S/C11H15N3O/c1-3-8(4-2)14-9-6-5-7-12-10(9)13-11(14)15/h5-8H,3-4H2,1-2H3,(H,12,13,15). The van der Waals surface area contributed by atoms with Crippen LogP contribution in [0.1, 0.15) is 32.7 Å². The first-order valence-corrected chi connectivity index (χ1v) is 5.29. The van der Waals surface area contributed by atoms with Crippen molar-refractivity contribution in [1.82, 2.24) is 14.5 Å². The van der Waals surface area contributed by atoms with Gasteiger partial charge in [-0.1, -0.05) is 13.8 Å². The number of fused-ring (bicyclic) bond motifs is 1. The van der Waals surface area contributed by atoms with Crippen molar-refractivity contribution in [2.24, 2.45) is 0 Å². The number of aromatic hydroxyl groups is 1. The lowest BCUT2D eigenvalue weighted by atomic mass is 10.1. The molecule has 0 saturated carbocycles. The highest BCUT2D eigenvalue weighted by atomic mass is 16.3. The van der Waals surface area contributed by atoms with E-state index in [1.54, 1.807) is 6.20 Å². The Balaban J connectivity index is 2.62. The van der Waals surface area contributed by atoms with Crippen molar-refractivity contribution < 1.29 is 5.11 Å². The summed E-state index contributed by atoms with van der Waals surface area (Å²) in [6, 6.07) is 4.16. The van der Waals surface area contributed by atoms with Crippen LogP contribution in [-0.2, 0) is 0 Å². The van der Waals surface area contributed by atoms with Gasteiger partial charge in [0, 0.05) is 12.2 Å². The van der Waals surface area contributed by atoms with Gasteiger partial charge in [0.15, 0.2) is 5.65 Å². The Morgan fingerprint density at radius 3 is 2.80 bits per heavy atom. The summed E-state index contributed by atoms with van der Waals surface area (Å²) in [5, 5.41) is 9.78. The lowest BCUT2D eigenvalue weighted by Gasteiger charge is -2.15. The van der Waals surface area contributed by atoms with Crippen molar-refractivity contribution in [3.8, 4) is 6.01 Å². The predicted molar refractivity (Wildman–Crippen MR) is 58.8 cm³/mol. The van der Waals surface area contributed by atoms with Crippen LogP contribution >= 0.6 is 0 Å². The first kappa shape index (κ1) is 9.96. The van der Waals surface area contributed by atoms with Gasteiger partial charge in [0.2, 0.25) is 0 Å². The summed E-state index contributed by atoms with van der Waals surface area (Å²) in [5.74, 6) is 0. The first-order chi connectivity index (χ1) is 7.27. The molecule has 15 heavy (non-hydrogen) atoms. The summed E-state index contributed by atoms with van der Waals surface area (Å²) in [6.45, 7) is 4.21. The van der Waals surface area contributed by atoms with Crippen molar-refractivity contribution in [2.45, 2.75) is 32.7 Å². The molecule has 0 aromatic carbocycles. The molecule has 2 aromatic rings. The van der Waals surface area contributed by atoms with Crippen LogP contribution in [0.15, 0.2) is 18.3 Å². The van der Waals surface area contributed by atoms with Crippen LogP contribution in [0.5, 0.6) is 6.01 Å². The Morgan fingerprint density at radius 1 is 1.40 bits per heavy atom. The molecule has 0 aliphatic rings. The molecule has 0 aliphatic heterocycles. The van der Waals surface area contributed by atoms with E-state index in [9.17, 15) is 5.11 Å². The molecular weight excluding hydrogens is 190 g/mol. The van der Waals surface area contributed by atoms with Gasteiger partial charge in [-0.05, 0) is 25.0 Å². The van der Waals surface area contributed by atoms with E-state index in [0.717, 1.165) is 18.4 Å². The van der Waals surface area contributed by atoms with Crippen LogP contribution < -0.4 is 0 Å². The van der Waals surface area contributed by atoms with Gasteiger partial charge in [-0.2, -0.15) is 4.98 Å². The van der Waals surface area contributed by atoms with E-state index >= 15 is 0 Å². The third-order valence-corrected chi connectivity index (χ3v) is 2.75. The van der Waals surface area contributed by atoms with Crippen molar-refractivity contribution >= 4 is 11.2 Å². The molecule has 0 unspecified atom stereocenters. The molecule has 2 aromatic heterocycles. The van der Waals surface area contributed by atoms with Gasteiger partial charge in [0.1, 0.15) is 0 Å². The number of aromatic nitrogens is 3. The van der Waals surface area contributed by atoms with Crippen LogP contribution in [0.2, 0.25) is 0 Å². The molecule has 0 saturated heterocycles. The average Bonchev–Trinajstić information content (AvgIpc) is 2.58. The summed E-state index contributed by atoms with van der Waals surface area (Å²) in [5.41, 5.74) is 1.52. The monoisotopic (exact) mass is 205 g/mol. The van der Waals surface area contributed by atoms with Gasteiger partial charge in [0.05, 0.1) is 5.52 Å². The maximum absolute atomic E-state index is 9.78. The minimum Gasteiger partial charge on any atom is -0.480 e. The number of hydrogen-bond donors (Lipinski definition) is 1. The predicted octanol–water partition coefficient (Wildman–Crippen LogP) is 2.50. The van der Waals surface area contributed by atoms with Gasteiger partial charge in [-0.15, -0.1) is 0 Å². The van der Waals surface area contributed by atoms with E-state index < -0.39 is 0 Å². The summed E-state index contributed by atoms with van der Waals surface area (Å²) in [6.07, 6.45) is 3.64. The molecule has 0 spiro atoms. The molecule has 0 radical (unpaired) electrons. The normalized spacial score (nSPS) is 11.4. The molecule has 2 heterocycles. The Kier molecular flexibility index (Phi) is 2.58. The van der Waals surface area contributed by atoms with Crippen molar-refractivity contribution in [3.63, 3.8) is 0 Å². The van der Waals surface area contributed by atoms with Gasteiger partial charge in [-0.25, -0.2) is 4.98 Å². The van der Waals surface area contributed by atoms with E-state index in [1.807, 2.05) is 16.7 Å². The lowest BCUT2D eigenvalue weighted by molar-refractivity contribution is 0.361. The summed E-state index contributed by atoms with van der Waals surface area (Å²) >= 11 is 0. The molecule has 1 N–H and O–H groups in total. The van der Waals surface area contributed by atoms with Crippen molar-refractivity contribution in [1.29, 1.82) is 0 Å². The molecule has 0 amide bonds. The molecule has 0 aliphatic carbocycles. The van der Waals surface area contributed by atoms with Gasteiger partial charge >= 0.3 is 0 Å². The summed E-state index contributed by atoms with van der Waals surface area (Å²) in [4.78, 5) is 8.16. The van der Waals surface area contributed by atoms with Crippen LogP contribution in [0.3, 0.4) is 0 Å². The van der Waals surface area contributed by atoms with Gasteiger partial charge in [0.25, 0.3) is 6.01 Å². The third-order valence-electron chi connectivity index (χ3n) is 2.75. The minimum atomic E-state index is 0.0670. The summed E-state index contributed by atoms with van der Waals surface area (Å²) in [7, 11) is 0. The SMILES string of the molecule is CCC(CC)n1c(O)nc2ncccc21. The molecule has 2 rings (SSSR count). The maximum atomic E-state index is 9.78. The highest BCUT2D eigenvalue weighted by Crippen LogP contribution is 2.27. The zero-order chi connectivity index (χ0) is 10.8. The second kappa shape index (κ2) is 3.88. The van der Waals surface area contributed by atoms with Crippen LogP contribution in [0.25, 0.3) is 11.2 Å². The van der Waals surface area contributed by atoms with Crippen molar-refractivity contribution in [3.05, 3.63) is 18.3 Å². The Morgan fingerprint density at radius 2 is 2.13 bits per heavy atom. The van der Waals surface area contributed by atoms with Crippen LogP contribution in [-0.4, -0.2) is 19.6 Å². The third kappa shape index (κ3) is 1.56. The van der Waals surface area contributed by atoms with E-state index in [1.165, 1.54) is 0 Å². The second-order valence-electron chi connectivity index (χ2n) is 3.60. The zero-order valence-corrected chi connectivity index (χ0v) is 9.01. The number of rotatable bonds is 3. The molecular formula is C11H15N3O. The quantitative estimate of drug-likeness (QED) is 0.837. The molecule has 4 nitrogen and oxygen atoms in total. The van der Waals surface area contributed by atoms with E-state index in [2.05, 4.69) is 23.8 Å². The van der Waals surface area contributed by atoms with Crippen molar-refractivity contribution in [2.75, 3.05) is 0 Å². The molecule has 0 atom stereocenters. The number of imidazole rings is 1. The zero-order valence-electron chi connectivity index (χ0n) is 9.01. The smallest absolute Gasteiger partial charge is 0.296 e. The number of pyridine rings is 1. The van der Waals surface area contributed by atoms with Gasteiger partial charge in [-0.3, -0.25) is 4.57 Å². The Hall–Kier alpha value is -1.58. The lowest BCUT2D eigenvalue weighted by Crippen LogP contribution is -2.06. The first-order valence-electron chi connectivity index (χ1n) is 5.29. The van der Waals surface area contributed by atoms with Crippen LogP contribution in [0.4, 0.5) is 0 Å². The number of nitrogens with zero attached hydrogens (tertiary/aromatic N) is 3. The summed E-state index contributed by atoms with van der Waals surface area (Å²) < 4.78 is 1.86. The molecule has 4 heteroatoms. The average molecular weight is 205 g/mol. The fourth-order valence-electron chi connectivity index (χ4n) is 1.93. The highest BCUT2D eigenvalue weighted by Gasteiger charge is 2.16. The fourth-order valence-corrected chi connectivity index (χ4v) is 1.93. The van der Waals surface area contributed by atoms with Crippen LogP contribution in [0, 0.1) is 0 Å². The maximum Gasteiger partial charge on any atom is 0.296 e.